The van der Waals surface area contributed by atoms with Gasteiger partial charge in [0.1, 0.15) is 11.5 Å². The standard InChI is InChI=1S/C27H28FN3O/c1-18-22-11-10-21(31-14-5-15-31)16-19(22)9-13-26(18)30(2)27(32)25-12-8-20(17-29-25)23-6-3-4-7-24(23)28/h3-4,6-8,10-12,16-18,26H,5,9,13-15H2,1-2H3. The molecule has 2 heterocycles. The molecule has 1 aliphatic carbocycles. The number of nitrogens with zero attached hydrogens (tertiary/aromatic N) is 3. The van der Waals surface area contributed by atoms with E-state index >= 15 is 0 Å². The van der Waals surface area contributed by atoms with Crippen molar-refractivity contribution >= 4 is 11.6 Å². The summed E-state index contributed by atoms with van der Waals surface area (Å²) in [4.78, 5) is 21.8. The minimum Gasteiger partial charge on any atom is -0.371 e. The number of aryl methyl sites for hydroxylation is 1. The second kappa shape index (κ2) is 8.38. The number of likely N-dealkylation sites (N-methyl/N-ethyl adjacent to an activating group) is 1. The Balaban J connectivity index is 1.32. The quantitative estimate of drug-likeness (QED) is 0.566. The summed E-state index contributed by atoms with van der Waals surface area (Å²) in [5.41, 5.74) is 5.62. The first-order valence-electron chi connectivity index (χ1n) is 11.4. The predicted octanol–water partition coefficient (Wildman–Crippen LogP) is 5.29. The van der Waals surface area contributed by atoms with Gasteiger partial charge in [-0.05, 0) is 54.7 Å². The van der Waals surface area contributed by atoms with Gasteiger partial charge in [0.25, 0.3) is 5.91 Å². The van der Waals surface area contributed by atoms with Gasteiger partial charge in [-0.25, -0.2) is 4.39 Å². The van der Waals surface area contributed by atoms with Crippen LogP contribution in [0.3, 0.4) is 0 Å². The van der Waals surface area contributed by atoms with Crippen molar-refractivity contribution in [3.63, 3.8) is 0 Å². The molecule has 0 saturated carbocycles. The van der Waals surface area contributed by atoms with Crippen LogP contribution in [0, 0.1) is 5.82 Å². The lowest BCUT2D eigenvalue weighted by molar-refractivity contribution is 0.0690. The third-order valence-electron chi connectivity index (χ3n) is 7.11. The molecule has 164 valence electrons. The number of aromatic nitrogens is 1. The van der Waals surface area contributed by atoms with E-state index in [1.165, 1.54) is 29.3 Å². The highest BCUT2D eigenvalue weighted by Gasteiger charge is 2.32. The lowest BCUT2D eigenvalue weighted by atomic mass is 9.79. The SMILES string of the molecule is CC1c2ccc(N3CCC3)cc2CCC1N(C)C(=O)c1ccc(-c2ccccc2F)cn1. The minimum atomic E-state index is -0.294. The van der Waals surface area contributed by atoms with Crippen LogP contribution in [-0.2, 0) is 6.42 Å². The lowest BCUT2D eigenvalue weighted by Gasteiger charge is -2.39. The van der Waals surface area contributed by atoms with Gasteiger partial charge in [0.15, 0.2) is 0 Å². The highest BCUT2D eigenvalue weighted by Crippen LogP contribution is 2.37. The summed E-state index contributed by atoms with van der Waals surface area (Å²) in [7, 11) is 1.87. The first-order chi connectivity index (χ1) is 15.5. The number of hydrogen-bond acceptors (Lipinski definition) is 3. The zero-order valence-electron chi connectivity index (χ0n) is 18.6. The van der Waals surface area contributed by atoms with Crippen LogP contribution in [0.25, 0.3) is 11.1 Å². The summed E-state index contributed by atoms with van der Waals surface area (Å²) in [5, 5.41) is 0. The Bertz CT molecular complexity index is 1140. The summed E-state index contributed by atoms with van der Waals surface area (Å²) < 4.78 is 14.1. The van der Waals surface area contributed by atoms with E-state index in [1.54, 1.807) is 36.5 Å². The van der Waals surface area contributed by atoms with Crippen LogP contribution in [0.2, 0.25) is 0 Å². The Morgan fingerprint density at radius 1 is 1.12 bits per heavy atom. The van der Waals surface area contributed by atoms with Crippen LogP contribution in [0.5, 0.6) is 0 Å². The number of carbonyl (C=O) groups is 1. The Morgan fingerprint density at radius 2 is 1.94 bits per heavy atom. The lowest BCUT2D eigenvalue weighted by Crippen LogP contribution is -2.43. The molecule has 1 aliphatic heterocycles. The van der Waals surface area contributed by atoms with Crippen molar-refractivity contribution in [2.24, 2.45) is 0 Å². The predicted molar refractivity (Wildman–Crippen MR) is 126 cm³/mol. The fourth-order valence-corrected chi connectivity index (χ4v) is 5.02. The van der Waals surface area contributed by atoms with Crippen LogP contribution in [0.1, 0.15) is 47.3 Å². The Morgan fingerprint density at radius 3 is 2.62 bits per heavy atom. The average molecular weight is 430 g/mol. The van der Waals surface area contributed by atoms with E-state index in [-0.39, 0.29) is 23.7 Å². The van der Waals surface area contributed by atoms with Crippen LogP contribution in [-0.4, -0.2) is 42.0 Å². The maximum atomic E-state index is 14.1. The fraction of sp³-hybridized carbons (Fsp3) is 0.333. The van der Waals surface area contributed by atoms with Crippen molar-refractivity contribution < 1.29 is 9.18 Å². The van der Waals surface area contributed by atoms with Gasteiger partial charge in [-0.1, -0.05) is 37.3 Å². The largest absolute Gasteiger partial charge is 0.371 e. The third-order valence-corrected chi connectivity index (χ3v) is 7.11. The van der Waals surface area contributed by atoms with Crippen molar-refractivity contribution in [2.45, 2.75) is 38.1 Å². The molecule has 2 atom stereocenters. The molecule has 2 unspecified atom stereocenters. The summed E-state index contributed by atoms with van der Waals surface area (Å²) in [6.45, 7) is 4.51. The number of rotatable bonds is 4. The highest BCUT2D eigenvalue weighted by molar-refractivity contribution is 5.92. The van der Waals surface area contributed by atoms with Gasteiger partial charge in [-0.3, -0.25) is 9.78 Å². The molecule has 0 spiro atoms. The molecule has 1 aromatic heterocycles. The second-order valence-corrected chi connectivity index (χ2v) is 8.95. The highest BCUT2D eigenvalue weighted by atomic mass is 19.1. The molecule has 4 nitrogen and oxygen atoms in total. The third kappa shape index (κ3) is 3.66. The van der Waals surface area contributed by atoms with E-state index in [9.17, 15) is 9.18 Å². The molecule has 2 aromatic carbocycles. The maximum Gasteiger partial charge on any atom is 0.272 e. The van der Waals surface area contributed by atoms with Gasteiger partial charge in [0.2, 0.25) is 0 Å². The molecule has 1 fully saturated rings. The van der Waals surface area contributed by atoms with Crippen LogP contribution >= 0.6 is 0 Å². The average Bonchev–Trinajstić information content (AvgIpc) is 2.78. The first-order valence-corrected chi connectivity index (χ1v) is 11.4. The molecule has 0 radical (unpaired) electrons. The number of pyridine rings is 1. The summed E-state index contributed by atoms with van der Waals surface area (Å²) >= 11 is 0. The number of fused-ring (bicyclic) bond motifs is 1. The summed E-state index contributed by atoms with van der Waals surface area (Å²) in [6, 6.07) is 17.0. The molecule has 5 rings (SSSR count). The molecule has 0 N–H and O–H groups in total. The van der Waals surface area contributed by atoms with Crippen molar-refractivity contribution in [1.29, 1.82) is 0 Å². The zero-order valence-corrected chi connectivity index (χ0v) is 18.6. The normalized spacial score (nSPS) is 19.8. The Labute approximate surface area is 188 Å². The molecule has 2 aliphatic rings. The molecular formula is C27H28FN3O. The molecular weight excluding hydrogens is 401 g/mol. The number of benzene rings is 2. The number of halogens is 1. The number of hydrogen-bond donors (Lipinski definition) is 0. The van der Waals surface area contributed by atoms with Gasteiger partial charge in [0.05, 0.1) is 0 Å². The van der Waals surface area contributed by atoms with E-state index in [4.69, 9.17) is 0 Å². The zero-order chi connectivity index (χ0) is 22.2. The molecule has 32 heavy (non-hydrogen) atoms. The van der Waals surface area contributed by atoms with Gasteiger partial charge < -0.3 is 9.80 Å². The monoisotopic (exact) mass is 429 g/mol. The Kier molecular flexibility index (Phi) is 5.41. The second-order valence-electron chi connectivity index (χ2n) is 8.95. The van der Waals surface area contributed by atoms with E-state index in [1.807, 2.05) is 11.9 Å². The van der Waals surface area contributed by atoms with Gasteiger partial charge in [0, 0.05) is 55.1 Å². The molecule has 5 heteroatoms. The Hall–Kier alpha value is -3.21. The first kappa shape index (κ1) is 20.7. The maximum absolute atomic E-state index is 14.1. The van der Waals surface area contributed by atoms with Crippen molar-refractivity contribution in [1.82, 2.24) is 9.88 Å². The van der Waals surface area contributed by atoms with E-state index in [0.29, 0.717) is 16.8 Å². The van der Waals surface area contributed by atoms with Crippen LogP contribution in [0.4, 0.5) is 10.1 Å². The van der Waals surface area contributed by atoms with E-state index in [2.05, 4.69) is 35.0 Å². The topological polar surface area (TPSA) is 36.4 Å². The van der Waals surface area contributed by atoms with Gasteiger partial charge >= 0.3 is 0 Å². The number of anilines is 1. The van der Waals surface area contributed by atoms with E-state index < -0.39 is 0 Å². The fourth-order valence-electron chi connectivity index (χ4n) is 5.02. The summed E-state index contributed by atoms with van der Waals surface area (Å²) in [5.74, 6) is -0.129. The van der Waals surface area contributed by atoms with Gasteiger partial charge in [-0.15, -0.1) is 0 Å². The van der Waals surface area contributed by atoms with Crippen molar-refractivity contribution in [3.05, 3.63) is 83.4 Å². The van der Waals surface area contributed by atoms with Gasteiger partial charge in [-0.2, -0.15) is 0 Å². The smallest absolute Gasteiger partial charge is 0.272 e. The molecule has 1 amide bonds. The molecule has 0 bridgehead atoms. The number of amides is 1. The minimum absolute atomic E-state index is 0.0948. The summed E-state index contributed by atoms with van der Waals surface area (Å²) in [6.07, 6.45) is 4.77. The van der Waals surface area contributed by atoms with Crippen molar-refractivity contribution in [3.8, 4) is 11.1 Å². The molecule has 1 saturated heterocycles. The number of carbonyl (C=O) groups excluding carboxylic acids is 1. The molecule has 3 aromatic rings. The van der Waals surface area contributed by atoms with Crippen LogP contribution in [0.15, 0.2) is 60.8 Å². The van der Waals surface area contributed by atoms with Crippen LogP contribution < -0.4 is 4.90 Å². The van der Waals surface area contributed by atoms with Crippen molar-refractivity contribution in [2.75, 3.05) is 25.0 Å². The van der Waals surface area contributed by atoms with E-state index in [0.717, 1.165) is 25.9 Å².